The zero-order chi connectivity index (χ0) is 14.7. The van der Waals surface area contributed by atoms with Crippen molar-refractivity contribution in [3.63, 3.8) is 0 Å². The second-order valence-corrected chi connectivity index (χ2v) is 5.72. The van der Waals surface area contributed by atoms with Gasteiger partial charge in [0.25, 0.3) is 0 Å². The van der Waals surface area contributed by atoms with E-state index < -0.39 is 6.10 Å². The maximum atomic E-state index is 10.4. The van der Waals surface area contributed by atoms with E-state index in [2.05, 4.69) is 15.9 Å². The molecule has 1 atom stereocenters. The van der Waals surface area contributed by atoms with Crippen molar-refractivity contribution in [1.29, 1.82) is 0 Å². The van der Waals surface area contributed by atoms with Gasteiger partial charge in [0.1, 0.15) is 5.75 Å². The minimum absolute atomic E-state index is 0.464. The number of ether oxygens (including phenoxy) is 1. The van der Waals surface area contributed by atoms with Crippen LogP contribution in [0.5, 0.6) is 5.75 Å². The molecule has 0 spiro atoms. The van der Waals surface area contributed by atoms with Crippen molar-refractivity contribution in [3.05, 3.63) is 57.6 Å². The van der Waals surface area contributed by atoms with Crippen molar-refractivity contribution in [3.8, 4) is 5.75 Å². The summed E-state index contributed by atoms with van der Waals surface area (Å²) in [6.07, 6.45) is -0.200. The van der Waals surface area contributed by atoms with Gasteiger partial charge in [0.05, 0.1) is 13.2 Å². The van der Waals surface area contributed by atoms with Crippen LogP contribution in [0.2, 0.25) is 0 Å². The van der Waals surface area contributed by atoms with Crippen LogP contribution in [0.15, 0.2) is 40.9 Å². The molecule has 0 amide bonds. The van der Waals surface area contributed by atoms with E-state index in [-0.39, 0.29) is 0 Å². The fourth-order valence-corrected chi connectivity index (χ4v) is 2.60. The summed E-state index contributed by atoms with van der Waals surface area (Å²) >= 11 is 3.40. The molecule has 0 aromatic heterocycles. The van der Waals surface area contributed by atoms with Gasteiger partial charge in [-0.3, -0.25) is 0 Å². The SMILES string of the molecule is COc1ccc(C)cc1CC(O)c1cc(Br)ccc1N. The Hall–Kier alpha value is -1.52. The molecule has 0 aliphatic rings. The number of aliphatic hydroxyl groups excluding tert-OH is 1. The molecule has 0 heterocycles. The highest BCUT2D eigenvalue weighted by Gasteiger charge is 2.15. The summed E-state index contributed by atoms with van der Waals surface area (Å²) in [4.78, 5) is 0. The number of aliphatic hydroxyl groups is 1. The molecule has 2 aromatic carbocycles. The van der Waals surface area contributed by atoms with Crippen LogP contribution in [0.1, 0.15) is 22.8 Å². The molecule has 0 bridgehead atoms. The number of nitrogens with two attached hydrogens (primary N) is 1. The lowest BCUT2D eigenvalue weighted by atomic mass is 9.98. The van der Waals surface area contributed by atoms with Gasteiger partial charge in [-0.15, -0.1) is 0 Å². The quantitative estimate of drug-likeness (QED) is 0.839. The first kappa shape index (κ1) is 14.9. The molecule has 0 aliphatic carbocycles. The maximum absolute atomic E-state index is 10.4. The molecule has 106 valence electrons. The summed E-state index contributed by atoms with van der Waals surface area (Å²) in [7, 11) is 1.63. The topological polar surface area (TPSA) is 55.5 Å². The Balaban J connectivity index is 2.29. The Bertz CT molecular complexity index is 613. The van der Waals surface area contributed by atoms with Crippen LogP contribution in [0.25, 0.3) is 0 Å². The monoisotopic (exact) mass is 335 g/mol. The molecule has 20 heavy (non-hydrogen) atoms. The largest absolute Gasteiger partial charge is 0.496 e. The Labute approximate surface area is 127 Å². The van der Waals surface area contributed by atoms with Crippen LogP contribution < -0.4 is 10.5 Å². The van der Waals surface area contributed by atoms with E-state index >= 15 is 0 Å². The van der Waals surface area contributed by atoms with Gasteiger partial charge in [0.2, 0.25) is 0 Å². The van der Waals surface area contributed by atoms with Crippen molar-refractivity contribution in [2.75, 3.05) is 12.8 Å². The average Bonchev–Trinajstić information content (AvgIpc) is 2.41. The Morgan fingerprint density at radius 1 is 1.25 bits per heavy atom. The highest BCUT2D eigenvalue weighted by molar-refractivity contribution is 9.10. The van der Waals surface area contributed by atoms with Crippen LogP contribution in [0.4, 0.5) is 5.69 Å². The zero-order valence-electron chi connectivity index (χ0n) is 11.6. The molecule has 1 unspecified atom stereocenters. The smallest absolute Gasteiger partial charge is 0.122 e. The van der Waals surface area contributed by atoms with Crippen molar-refractivity contribution >= 4 is 21.6 Å². The third-order valence-corrected chi connectivity index (χ3v) is 3.75. The number of halogens is 1. The molecular formula is C16H18BrNO2. The Morgan fingerprint density at radius 2 is 2.00 bits per heavy atom. The highest BCUT2D eigenvalue weighted by Crippen LogP contribution is 2.30. The van der Waals surface area contributed by atoms with Gasteiger partial charge in [-0.2, -0.15) is 0 Å². The first-order valence-corrected chi connectivity index (χ1v) is 7.17. The number of aryl methyl sites for hydroxylation is 1. The zero-order valence-corrected chi connectivity index (χ0v) is 13.1. The predicted molar refractivity (Wildman–Crippen MR) is 84.9 cm³/mol. The van der Waals surface area contributed by atoms with Crippen molar-refractivity contribution in [1.82, 2.24) is 0 Å². The molecule has 0 fully saturated rings. The summed E-state index contributed by atoms with van der Waals surface area (Å²) < 4.78 is 6.24. The van der Waals surface area contributed by atoms with Gasteiger partial charge in [-0.1, -0.05) is 33.6 Å². The third-order valence-electron chi connectivity index (χ3n) is 3.26. The van der Waals surface area contributed by atoms with Gasteiger partial charge in [0, 0.05) is 22.1 Å². The van der Waals surface area contributed by atoms with E-state index in [1.807, 2.05) is 37.3 Å². The minimum atomic E-state index is -0.664. The second-order valence-electron chi connectivity index (χ2n) is 4.81. The Morgan fingerprint density at radius 3 is 2.70 bits per heavy atom. The standard InChI is InChI=1S/C16H18BrNO2/c1-10-3-6-16(20-2)11(7-10)8-15(19)13-9-12(17)4-5-14(13)18/h3-7,9,15,19H,8,18H2,1-2H3. The first-order valence-electron chi connectivity index (χ1n) is 6.37. The van der Waals surface area contributed by atoms with Crippen LogP contribution in [0.3, 0.4) is 0 Å². The first-order chi connectivity index (χ1) is 9.51. The second kappa shape index (κ2) is 6.29. The molecule has 2 rings (SSSR count). The molecule has 2 aromatic rings. The molecule has 0 saturated carbocycles. The predicted octanol–water partition coefficient (Wildman–Crippen LogP) is 3.62. The van der Waals surface area contributed by atoms with E-state index in [9.17, 15) is 5.11 Å². The number of anilines is 1. The molecule has 0 radical (unpaired) electrons. The lowest BCUT2D eigenvalue weighted by molar-refractivity contribution is 0.178. The van der Waals surface area contributed by atoms with Crippen LogP contribution >= 0.6 is 15.9 Å². The molecule has 0 saturated heterocycles. The van der Waals surface area contributed by atoms with Gasteiger partial charge in [-0.05, 0) is 36.8 Å². The summed E-state index contributed by atoms with van der Waals surface area (Å²) in [6, 6.07) is 11.4. The molecule has 4 heteroatoms. The van der Waals surface area contributed by atoms with Gasteiger partial charge in [-0.25, -0.2) is 0 Å². The number of hydrogen-bond donors (Lipinski definition) is 2. The van der Waals surface area contributed by atoms with E-state index in [0.29, 0.717) is 12.1 Å². The number of methoxy groups -OCH3 is 1. The van der Waals surface area contributed by atoms with Crippen molar-refractivity contribution in [2.24, 2.45) is 0 Å². The highest BCUT2D eigenvalue weighted by atomic mass is 79.9. The van der Waals surface area contributed by atoms with Gasteiger partial charge < -0.3 is 15.6 Å². The minimum Gasteiger partial charge on any atom is -0.496 e. The van der Waals surface area contributed by atoms with E-state index in [1.165, 1.54) is 0 Å². The van der Waals surface area contributed by atoms with E-state index in [1.54, 1.807) is 13.2 Å². The Kier molecular flexibility index (Phi) is 4.68. The average molecular weight is 336 g/mol. The number of rotatable bonds is 4. The summed E-state index contributed by atoms with van der Waals surface area (Å²) in [5.41, 5.74) is 9.35. The maximum Gasteiger partial charge on any atom is 0.122 e. The van der Waals surface area contributed by atoms with Crippen LogP contribution in [0, 0.1) is 6.92 Å². The fraction of sp³-hybridized carbons (Fsp3) is 0.250. The summed E-state index contributed by atoms with van der Waals surface area (Å²) in [5.74, 6) is 0.781. The number of benzene rings is 2. The molecule has 3 nitrogen and oxygen atoms in total. The summed E-state index contributed by atoms with van der Waals surface area (Å²) in [5, 5.41) is 10.4. The van der Waals surface area contributed by atoms with Crippen molar-refractivity contribution in [2.45, 2.75) is 19.4 Å². The summed E-state index contributed by atoms with van der Waals surface area (Å²) in [6.45, 7) is 2.02. The molecule has 0 aliphatic heterocycles. The van der Waals surface area contributed by atoms with Crippen molar-refractivity contribution < 1.29 is 9.84 Å². The van der Waals surface area contributed by atoms with Gasteiger partial charge >= 0.3 is 0 Å². The normalized spacial score (nSPS) is 12.2. The van der Waals surface area contributed by atoms with Gasteiger partial charge in [0.15, 0.2) is 0 Å². The number of hydrogen-bond acceptors (Lipinski definition) is 3. The van der Waals surface area contributed by atoms with E-state index in [0.717, 1.165) is 26.9 Å². The number of nitrogen functional groups attached to an aromatic ring is 1. The van der Waals surface area contributed by atoms with E-state index in [4.69, 9.17) is 10.5 Å². The fourth-order valence-electron chi connectivity index (χ4n) is 2.22. The van der Waals surface area contributed by atoms with Crippen LogP contribution in [-0.4, -0.2) is 12.2 Å². The van der Waals surface area contributed by atoms with Crippen LogP contribution in [-0.2, 0) is 6.42 Å². The lowest BCUT2D eigenvalue weighted by Gasteiger charge is -2.16. The lowest BCUT2D eigenvalue weighted by Crippen LogP contribution is -2.06. The molecule has 3 N–H and O–H groups in total. The third kappa shape index (κ3) is 3.32. The molecular weight excluding hydrogens is 318 g/mol.